The number of hydrogen-bond donors (Lipinski definition) is 1. The van der Waals surface area contributed by atoms with Crippen molar-refractivity contribution in [2.24, 2.45) is 5.92 Å². The van der Waals surface area contributed by atoms with Crippen molar-refractivity contribution in [3.8, 4) is 5.88 Å². The molecule has 1 unspecified atom stereocenters. The van der Waals surface area contributed by atoms with Gasteiger partial charge in [0, 0.05) is 25.1 Å². The zero-order valence-electron chi connectivity index (χ0n) is 11.8. The Morgan fingerprint density at radius 2 is 2.11 bits per heavy atom. The van der Waals surface area contributed by atoms with E-state index >= 15 is 0 Å². The highest BCUT2D eigenvalue weighted by Crippen LogP contribution is 2.29. The van der Waals surface area contributed by atoms with Crippen molar-refractivity contribution in [1.29, 1.82) is 0 Å². The first-order chi connectivity index (χ1) is 9.35. The maximum atomic E-state index is 5.23. The van der Waals surface area contributed by atoms with Crippen LogP contribution >= 0.6 is 0 Å². The van der Waals surface area contributed by atoms with E-state index in [9.17, 15) is 0 Å². The van der Waals surface area contributed by atoms with Gasteiger partial charge in [-0.1, -0.05) is 38.2 Å². The molecule has 104 valence electrons. The normalized spacial score (nSPS) is 23.9. The zero-order valence-corrected chi connectivity index (χ0v) is 11.8. The fraction of sp³-hybridized carbons (Fsp3) is 0.688. The van der Waals surface area contributed by atoms with Crippen molar-refractivity contribution >= 4 is 0 Å². The van der Waals surface area contributed by atoms with Crippen molar-refractivity contribution in [3.63, 3.8) is 0 Å². The van der Waals surface area contributed by atoms with Crippen LogP contribution in [0, 0.1) is 5.92 Å². The van der Waals surface area contributed by atoms with Crippen LogP contribution in [-0.4, -0.2) is 18.1 Å². The van der Waals surface area contributed by atoms with Crippen LogP contribution in [-0.2, 0) is 13.0 Å². The van der Waals surface area contributed by atoms with Gasteiger partial charge in [0.2, 0.25) is 5.88 Å². The van der Waals surface area contributed by atoms with Crippen LogP contribution in [0.15, 0.2) is 12.1 Å². The van der Waals surface area contributed by atoms with Gasteiger partial charge in [0.15, 0.2) is 0 Å². The van der Waals surface area contributed by atoms with Crippen molar-refractivity contribution in [2.75, 3.05) is 7.11 Å². The van der Waals surface area contributed by atoms with E-state index in [0.717, 1.165) is 24.8 Å². The SMILES string of the molecule is COc1ccc2c(n1)CC(CC1CCCCC1)NC2. The number of nitrogens with one attached hydrogen (secondary N) is 1. The number of fused-ring (bicyclic) bond motifs is 1. The van der Waals surface area contributed by atoms with Gasteiger partial charge < -0.3 is 10.1 Å². The zero-order chi connectivity index (χ0) is 13.1. The molecular weight excluding hydrogens is 236 g/mol. The summed E-state index contributed by atoms with van der Waals surface area (Å²) in [4.78, 5) is 4.61. The minimum absolute atomic E-state index is 0.607. The Hall–Kier alpha value is -1.09. The molecule has 1 saturated carbocycles. The minimum atomic E-state index is 0.607. The van der Waals surface area contributed by atoms with Gasteiger partial charge in [0.1, 0.15) is 0 Å². The van der Waals surface area contributed by atoms with E-state index in [4.69, 9.17) is 4.74 Å². The lowest BCUT2D eigenvalue weighted by molar-refractivity contribution is 0.288. The minimum Gasteiger partial charge on any atom is -0.481 e. The van der Waals surface area contributed by atoms with E-state index in [1.807, 2.05) is 6.07 Å². The lowest BCUT2D eigenvalue weighted by atomic mass is 9.83. The van der Waals surface area contributed by atoms with Crippen molar-refractivity contribution in [2.45, 2.75) is 57.5 Å². The molecular formula is C16H24N2O. The van der Waals surface area contributed by atoms with Gasteiger partial charge in [0.25, 0.3) is 0 Å². The third-order valence-corrected chi connectivity index (χ3v) is 4.62. The maximum absolute atomic E-state index is 5.23. The number of hydrogen-bond acceptors (Lipinski definition) is 3. The fourth-order valence-electron chi connectivity index (χ4n) is 3.51. The van der Waals surface area contributed by atoms with Gasteiger partial charge >= 0.3 is 0 Å². The average Bonchev–Trinajstić information content (AvgIpc) is 2.47. The van der Waals surface area contributed by atoms with Crippen LogP contribution < -0.4 is 10.1 Å². The van der Waals surface area contributed by atoms with Crippen molar-refractivity contribution in [3.05, 3.63) is 23.4 Å². The van der Waals surface area contributed by atoms with Crippen LogP contribution in [0.3, 0.4) is 0 Å². The van der Waals surface area contributed by atoms with Crippen LogP contribution in [0.25, 0.3) is 0 Å². The van der Waals surface area contributed by atoms with E-state index in [1.54, 1.807) is 7.11 Å². The Morgan fingerprint density at radius 3 is 2.89 bits per heavy atom. The molecule has 3 nitrogen and oxygen atoms in total. The van der Waals surface area contributed by atoms with Gasteiger partial charge in [-0.3, -0.25) is 0 Å². The molecule has 0 saturated heterocycles. The molecule has 1 aromatic heterocycles. The number of pyridine rings is 1. The van der Waals surface area contributed by atoms with E-state index in [2.05, 4.69) is 16.4 Å². The maximum Gasteiger partial charge on any atom is 0.213 e. The molecule has 3 rings (SSSR count). The summed E-state index contributed by atoms with van der Waals surface area (Å²) >= 11 is 0. The molecule has 3 heteroatoms. The summed E-state index contributed by atoms with van der Waals surface area (Å²) in [5.41, 5.74) is 2.57. The Balaban J connectivity index is 1.63. The standard InChI is InChI=1S/C16H24N2O/c1-19-16-8-7-13-11-17-14(10-15(13)18-16)9-12-5-3-2-4-6-12/h7-8,12,14,17H,2-6,9-11H2,1H3. The Kier molecular flexibility index (Phi) is 4.02. The van der Waals surface area contributed by atoms with Crippen LogP contribution in [0.5, 0.6) is 5.88 Å². The van der Waals surface area contributed by atoms with Gasteiger partial charge in [-0.05, 0) is 17.9 Å². The molecule has 1 fully saturated rings. The molecule has 0 amide bonds. The predicted octanol–water partition coefficient (Wildman–Crippen LogP) is 3.07. The van der Waals surface area contributed by atoms with Gasteiger partial charge in [-0.2, -0.15) is 0 Å². The molecule has 0 radical (unpaired) electrons. The summed E-state index contributed by atoms with van der Waals surface area (Å²) in [5.74, 6) is 1.68. The third-order valence-electron chi connectivity index (χ3n) is 4.62. The second kappa shape index (κ2) is 5.91. The molecule has 1 N–H and O–H groups in total. The summed E-state index contributed by atoms with van der Waals surface area (Å²) in [6, 6.07) is 4.71. The van der Waals surface area contributed by atoms with Gasteiger partial charge in [0.05, 0.1) is 12.8 Å². The van der Waals surface area contributed by atoms with Gasteiger partial charge in [-0.15, -0.1) is 0 Å². The predicted molar refractivity (Wildman–Crippen MR) is 76.3 cm³/mol. The molecule has 19 heavy (non-hydrogen) atoms. The first-order valence-corrected chi connectivity index (χ1v) is 7.61. The Morgan fingerprint density at radius 1 is 1.26 bits per heavy atom. The number of ether oxygens (including phenoxy) is 1. The Bertz CT molecular complexity index is 427. The molecule has 2 heterocycles. The summed E-state index contributed by atoms with van der Waals surface area (Å²) < 4.78 is 5.23. The molecule has 1 aliphatic heterocycles. The summed E-state index contributed by atoms with van der Waals surface area (Å²) in [7, 11) is 1.69. The summed E-state index contributed by atoms with van der Waals surface area (Å²) in [5, 5.41) is 3.68. The fourth-order valence-corrected chi connectivity index (χ4v) is 3.51. The molecule has 1 aliphatic carbocycles. The largest absolute Gasteiger partial charge is 0.481 e. The molecule has 2 aliphatic rings. The quantitative estimate of drug-likeness (QED) is 0.907. The summed E-state index contributed by atoms with van der Waals surface area (Å²) in [6.07, 6.45) is 9.53. The van der Waals surface area contributed by atoms with Crippen molar-refractivity contribution in [1.82, 2.24) is 10.3 Å². The van der Waals surface area contributed by atoms with Crippen molar-refractivity contribution < 1.29 is 4.74 Å². The van der Waals surface area contributed by atoms with E-state index in [1.165, 1.54) is 49.8 Å². The highest BCUT2D eigenvalue weighted by atomic mass is 16.5. The monoisotopic (exact) mass is 260 g/mol. The number of aromatic nitrogens is 1. The van der Waals surface area contributed by atoms with E-state index in [-0.39, 0.29) is 0 Å². The first-order valence-electron chi connectivity index (χ1n) is 7.61. The highest BCUT2D eigenvalue weighted by Gasteiger charge is 2.23. The molecule has 0 bridgehead atoms. The smallest absolute Gasteiger partial charge is 0.213 e. The lowest BCUT2D eigenvalue weighted by Gasteiger charge is -2.30. The topological polar surface area (TPSA) is 34.1 Å². The average molecular weight is 260 g/mol. The molecule has 0 spiro atoms. The summed E-state index contributed by atoms with van der Waals surface area (Å²) in [6.45, 7) is 0.962. The number of rotatable bonds is 3. The third kappa shape index (κ3) is 3.08. The molecule has 1 aromatic rings. The van der Waals surface area contributed by atoms with Crippen LogP contribution in [0.1, 0.15) is 49.8 Å². The lowest BCUT2D eigenvalue weighted by Crippen LogP contribution is -2.37. The van der Waals surface area contributed by atoms with E-state index < -0.39 is 0 Å². The van der Waals surface area contributed by atoms with Gasteiger partial charge in [-0.25, -0.2) is 4.98 Å². The number of methoxy groups -OCH3 is 1. The highest BCUT2D eigenvalue weighted by molar-refractivity contribution is 5.28. The van der Waals surface area contributed by atoms with Crippen LogP contribution in [0.2, 0.25) is 0 Å². The number of nitrogens with zero attached hydrogens (tertiary/aromatic N) is 1. The molecule has 1 atom stereocenters. The Labute approximate surface area is 115 Å². The molecule has 0 aromatic carbocycles. The van der Waals surface area contributed by atoms with E-state index in [0.29, 0.717) is 6.04 Å². The second-order valence-corrected chi connectivity index (χ2v) is 5.98. The second-order valence-electron chi connectivity index (χ2n) is 5.98. The van der Waals surface area contributed by atoms with Crippen LogP contribution in [0.4, 0.5) is 0 Å². The first kappa shape index (κ1) is 12.9.